The molecule has 0 radical (unpaired) electrons. The number of pyridine rings is 1. The van der Waals surface area contributed by atoms with Gasteiger partial charge in [-0.15, -0.1) is 0 Å². The quantitative estimate of drug-likeness (QED) is 0.171. The highest BCUT2D eigenvalue weighted by Gasteiger charge is 2.42. The average Bonchev–Trinajstić information content (AvgIpc) is 3.63. The molecule has 0 amide bonds. The van der Waals surface area contributed by atoms with Gasteiger partial charge in [0.15, 0.2) is 5.11 Å². The molecule has 0 bridgehead atoms. The van der Waals surface area contributed by atoms with E-state index in [9.17, 15) is 4.79 Å². The van der Waals surface area contributed by atoms with E-state index in [1.807, 2.05) is 104 Å². The van der Waals surface area contributed by atoms with Crippen LogP contribution in [-0.4, -0.2) is 27.7 Å². The van der Waals surface area contributed by atoms with E-state index in [0.29, 0.717) is 10.7 Å². The summed E-state index contributed by atoms with van der Waals surface area (Å²) in [5, 5.41) is 4.10. The molecule has 204 valence electrons. The van der Waals surface area contributed by atoms with Gasteiger partial charge in [0.1, 0.15) is 17.5 Å². The van der Waals surface area contributed by atoms with Crippen LogP contribution in [0, 0.1) is 6.92 Å². The van der Waals surface area contributed by atoms with Crippen molar-refractivity contribution in [1.29, 1.82) is 0 Å². The lowest BCUT2D eigenvalue weighted by atomic mass is 10.0. The van der Waals surface area contributed by atoms with Gasteiger partial charge in [0.05, 0.1) is 24.4 Å². The third kappa shape index (κ3) is 5.17. The first-order valence-electron chi connectivity index (χ1n) is 13.2. The summed E-state index contributed by atoms with van der Waals surface area (Å²) in [6, 6.07) is 32.7. The predicted octanol–water partition coefficient (Wildman–Crippen LogP) is 6.94. The van der Waals surface area contributed by atoms with E-state index in [4.69, 9.17) is 21.7 Å². The molecule has 41 heavy (non-hydrogen) atoms. The normalized spacial score (nSPS) is 16.3. The summed E-state index contributed by atoms with van der Waals surface area (Å²) in [4.78, 5) is 19.0. The molecular weight excluding hydrogens is 532 g/mol. The van der Waals surface area contributed by atoms with E-state index in [0.717, 1.165) is 39.8 Å². The van der Waals surface area contributed by atoms with Crippen LogP contribution in [0.5, 0.6) is 11.5 Å². The second-order valence-electron chi connectivity index (χ2n) is 9.70. The Hall–Kier alpha value is -4.95. The van der Waals surface area contributed by atoms with Gasteiger partial charge in [-0.25, -0.2) is 4.79 Å². The number of para-hydroxylation sites is 1. The lowest BCUT2D eigenvalue weighted by Gasteiger charge is -2.29. The van der Waals surface area contributed by atoms with Gasteiger partial charge in [0, 0.05) is 29.5 Å². The van der Waals surface area contributed by atoms with Crippen LogP contribution in [-0.2, 0) is 4.74 Å². The number of ether oxygens (including phenoxy) is 2. The van der Waals surface area contributed by atoms with Crippen molar-refractivity contribution < 1.29 is 14.3 Å². The number of anilines is 1. The van der Waals surface area contributed by atoms with Gasteiger partial charge in [-0.3, -0.25) is 4.98 Å². The predicted molar refractivity (Wildman–Crippen MR) is 163 cm³/mol. The van der Waals surface area contributed by atoms with Crippen LogP contribution >= 0.6 is 12.2 Å². The van der Waals surface area contributed by atoms with Gasteiger partial charge in [-0.2, -0.15) is 0 Å². The number of nitrogens with one attached hydrogen (secondary N) is 1. The Morgan fingerprint density at radius 1 is 0.902 bits per heavy atom. The molecule has 6 rings (SSSR count). The molecule has 1 saturated heterocycles. The minimum Gasteiger partial charge on any atom is -0.465 e. The van der Waals surface area contributed by atoms with Crippen molar-refractivity contribution >= 4 is 29.0 Å². The van der Waals surface area contributed by atoms with Crippen LogP contribution in [0.3, 0.4) is 0 Å². The average molecular weight is 561 g/mol. The summed E-state index contributed by atoms with van der Waals surface area (Å²) in [6.45, 7) is 2.02. The van der Waals surface area contributed by atoms with Crippen LogP contribution in [0.4, 0.5) is 5.69 Å². The van der Waals surface area contributed by atoms with Crippen LogP contribution in [0.15, 0.2) is 116 Å². The Labute approximate surface area is 244 Å². The summed E-state index contributed by atoms with van der Waals surface area (Å²) in [5.74, 6) is 1.17. The van der Waals surface area contributed by atoms with Gasteiger partial charge in [0.2, 0.25) is 0 Å². The highest BCUT2D eigenvalue weighted by molar-refractivity contribution is 7.80. The third-order valence-corrected chi connectivity index (χ3v) is 7.48. The number of hydrogen-bond acceptors (Lipinski definition) is 5. The minimum atomic E-state index is -0.384. The van der Waals surface area contributed by atoms with Gasteiger partial charge < -0.3 is 24.3 Å². The fourth-order valence-corrected chi connectivity index (χ4v) is 5.52. The molecule has 2 aromatic heterocycles. The van der Waals surface area contributed by atoms with E-state index in [1.165, 1.54) is 7.11 Å². The molecule has 1 aliphatic heterocycles. The first-order valence-corrected chi connectivity index (χ1v) is 13.6. The Morgan fingerprint density at radius 3 is 2.46 bits per heavy atom. The standard InChI is InChI=1S/C33H28N4O3S/c1-22-9-3-4-14-29(22)40-26-17-15-24(16-18-26)37-31(30(35-33(37)41)27-12-5-6-19-34-27)28-13-8-20-36(28)25-11-7-10-23(21-25)32(38)39-2/h3-21,30-31H,1-2H3,(H,35,41)/t30-,31+/m1/s1. The van der Waals surface area contributed by atoms with Crippen LogP contribution in [0.1, 0.15) is 39.4 Å². The number of nitrogens with zero attached hydrogens (tertiary/aromatic N) is 3. The maximum Gasteiger partial charge on any atom is 0.337 e. The van der Waals surface area contributed by atoms with Crippen LogP contribution < -0.4 is 15.0 Å². The van der Waals surface area contributed by atoms with Crippen molar-refractivity contribution in [3.8, 4) is 17.2 Å². The zero-order valence-electron chi connectivity index (χ0n) is 22.6. The van der Waals surface area contributed by atoms with Crippen molar-refractivity contribution in [2.24, 2.45) is 0 Å². The summed E-state index contributed by atoms with van der Waals surface area (Å²) in [7, 11) is 1.38. The first kappa shape index (κ1) is 26.3. The van der Waals surface area contributed by atoms with E-state index in [2.05, 4.69) is 25.8 Å². The van der Waals surface area contributed by atoms with E-state index in [-0.39, 0.29) is 18.1 Å². The fraction of sp³-hybridized carbons (Fsp3) is 0.121. The van der Waals surface area contributed by atoms with Crippen LogP contribution in [0.25, 0.3) is 5.69 Å². The molecule has 7 nitrogen and oxygen atoms in total. The minimum absolute atomic E-state index is 0.218. The highest BCUT2D eigenvalue weighted by atomic mass is 32.1. The lowest BCUT2D eigenvalue weighted by Crippen LogP contribution is -2.30. The van der Waals surface area contributed by atoms with Crippen LogP contribution in [0.2, 0.25) is 0 Å². The number of carbonyl (C=O) groups excluding carboxylic acids is 1. The molecule has 0 aliphatic carbocycles. The zero-order chi connectivity index (χ0) is 28.3. The number of hydrogen-bond donors (Lipinski definition) is 1. The number of methoxy groups -OCH3 is 1. The first-order chi connectivity index (χ1) is 20.0. The van der Waals surface area contributed by atoms with Gasteiger partial charge in [-0.05, 0) is 97.5 Å². The van der Waals surface area contributed by atoms with Gasteiger partial charge in [-0.1, -0.05) is 30.3 Å². The number of thiocarbonyl (C=S) groups is 1. The number of rotatable bonds is 7. The Bertz CT molecular complexity index is 1700. The number of aromatic nitrogens is 2. The number of carbonyl (C=O) groups is 1. The summed E-state index contributed by atoms with van der Waals surface area (Å²) < 4.78 is 13.2. The molecule has 2 atom stereocenters. The molecule has 5 aromatic rings. The molecule has 3 heterocycles. The molecule has 3 aromatic carbocycles. The van der Waals surface area contributed by atoms with Crippen molar-refractivity contribution in [2.45, 2.75) is 19.0 Å². The smallest absolute Gasteiger partial charge is 0.337 e. The highest BCUT2D eigenvalue weighted by Crippen LogP contribution is 2.42. The Balaban J connectivity index is 1.40. The maximum atomic E-state index is 12.3. The van der Waals surface area contributed by atoms with Gasteiger partial charge >= 0.3 is 5.97 Å². The Kier molecular flexibility index (Phi) is 7.22. The van der Waals surface area contributed by atoms with Crippen molar-refractivity contribution in [2.75, 3.05) is 12.0 Å². The maximum absolute atomic E-state index is 12.3. The SMILES string of the molecule is COC(=O)c1cccc(-n2cccc2[C@H]2[C@@H](c3ccccn3)NC(=S)N2c2ccc(Oc3ccccc3C)cc2)c1. The largest absolute Gasteiger partial charge is 0.465 e. The summed E-state index contributed by atoms with van der Waals surface area (Å²) in [5.41, 5.74) is 5.16. The number of esters is 1. The molecule has 8 heteroatoms. The topological polar surface area (TPSA) is 68.6 Å². The molecular formula is C33H28N4O3S. The van der Waals surface area contributed by atoms with Crippen molar-refractivity contribution in [3.63, 3.8) is 0 Å². The molecule has 0 unspecified atom stereocenters. The molecule has 0 saturated carbocycles. The molecule has 0 spiro atoms. The van der Waals surface area contributed by atoms with Crippen molar-refractivity contribution in [1.82, 2.24) is 14.9 Å². The summed E-state index contributed by atoms with van der Waals surface area (Å²) in [6.07, 6.45) is 3.77. The third-order valence-electron chi connectivity index (χ3n) is 7.16. The molecule has 1 aliphatic rings. The second-order valence-corrected chi connectivity index (χ2v) is 10.1. The van der Waals surface area contributed by atoms with E-state index < -0.39 is 0 Å². The van der Waals surface area contributed by atoms with E-state index >= 15 is 0 Å². The fourth-order valence-electron chi connectivity index (χ4n) is 5.18. The molecule has 1 fully saturated rings. The van der Waals surface area contributed by atoms with Gasteiger partial charge in [0.25, 0.3) is 0 Å². The monoisotopic (exact) mass is 560 g/mol. The Morgan fingerprint density at radius 2 is 1.71 bits per heavy atom. The molecule has 1 N–H and O–H groups in total. The second kappa shape index (κ2) is 11.3. The van der Waals surface area contributed by atoms with Crippen molar-refractivity contribution in [3.05, 3.63) is 138 Å². The number of benzene rings is 3. The zero-order valence-corrected chi connectivity index (χ0v) is 23.4. The number of aryl methyl sites for hydroxylation is 1. The summed E-state index contributed by atoms with van der Waals surface area (Å²) >= 11 is 5.92. The van der Waals surface area contributed by atoms with E-state index in [1.54, 1.807) is 12.3 Å². The lowest BCUT2D eigenvalue weighted by molar-refractivity contribution is 0.0600.